The highest BCUT2D eigenvalue weighted by Gasteiger charge is 2.39. The summed E-state index contributed by atoms with van der Waals surface area (Å²) in [5.74, 6) is 0.433. The number of aromatic nitrogens is 4. The van der Waals surface area contributed by atoms with Crippen molar-refractivity contribution in [2.45, 2.75) is 51.6 Å². The molecule has 0 aliphatic rings. The minimum absolute atomic E-state index is 0.0960. The maximum Gasteiger partial charge on any atom is 0.192 e. The van der Waals surface area contributed by atoms with Gasteiger partial charge in [0, 0.05) is 22.7 Å². The zero-order valence-electron chi connectivity index (χ0n) is 19.8. The zero-order valence-corrected chi connectivity index (χ0v) is 22.3. The van der Waals surface area contributed by atoms with Crippen LogP contribution in [0, 0.1) is 0 Å². The number of rotatable bonds is 6. The maximum absolute atomic E-state index is 6.65. The third-order valence-electron chi connectivity index (χ3n) is 6.56. The van der Waals surface area contributed by atoms with Gasteiger partial charge in [-0.15, -0.1) is 6.58 Å². The average Bonchev–Trinajstić information content (AvgIpc) is 3.04. The lowest BCUT2D eigenvalue weighted by atomic mass is 10.1. The Morgan fingerprint density at radius 1 is 1.21 bits per heavy atom. The Morgan fingerprint density at radius 2 is 1.94 bits per heavy atom. The lowest BCUT2D eigenvalue weighted by Crippen LogP contribution is -2.44. The Hall–Kier alpha value is -2.55. The third kappa shape index (κ3) is 4.35. The van der Waals surface area contributed by atoms with Gasteiger partial charge in [-0.2, -0.15) is 0 Å². The first kappa shape index (κ1) is 23.6. The normalized spacial score (nSPS) is 13.5. The van der Waals surface area contributed by atoms with Crippen LogP contribution >= 0.6 is 15.9 Å². The molecule has 6 nitrogen and oxygen atoms in total. The van der Waals surface area contributed by atoms with Gasteiger partial charge in [0.1, 0.15) is 17.8 Å². The minimum Gasteiger partial charge on any atom is -0.409 e. The molecule has 172 valence electrons. The minimum atomic E-state index is -1.99. The van der Waals surface area contributed by atoms with Crippen molar-refractivity contribution in [3.8, 4) is 11.1 Å². The van der Waals surface area contributed by atoms with Gasteiger partial charge >= 0.3 is 0 Å². The standard InChI is InChI=1S/C25H30BrN5OSi/c1-7-18(32-33(5,6)25(2,3)4)14-31-22(26)20(21-23(27)29-15-30-24(21)31)17-12-16-10-8-9-11-19(16)28-13-17/h7-13,15,18H,1,14H2,2-6H3,(H2,27,29,30)/t18-/m1/s1. The van der Waals surface area contributed by atoms with Crippen LogP contribution in [0.15, 0.2) is 60.1 Å². The second-order valence-electron chi connectivity index (χ2n) is 9.80. The van der Waals surface area contributed by atoms with E-state index >= 15 is 0 Å². The van der Waals surface area contributed by atoms with E-state index in [1.165, 1.54) is 6.33 Å². The maximum atomic E-state index is 6.65. The number of halogens is 1. The van der Waals surface area contributed by atoms with E-state index < -0.39 is 8.32 Å². The number of pyridine rings is 1. The van der Waals surface area contributed by atoms with Gasteiger partial charge in [-0.1, -0.05) is 45.0 Å². The third-order valence-corrected chi connectivity index (χ3v) is 11.9. The topological polar surface area (TPSA) is 78.9 Å². The molecule has 2 N–H and O–H groups in total. The lowest BCUT2D eigenvalue weighted by Gasteiger charge is -2.38. The molecule has 0 aliphatic carbocycles. The second-order valence-corrected chi connectivity index (χ2v) is 15.3. The summed E-state index contributed by atoms with van der Waals surface area (Å²) < 4.78 is 9.62. The smallest absolute Gasteiger partial charge is 0.192 e. The van der Waals surface area contributed by atoms with Crippen molar-refractivity contribution in [2.75, 3.05) is 5.73 Å². The fraction of sp³-hybridized carbons (Fsp3) is 0.320. The number of fused-ring (bicyclic) bond motifs is 2. The second kappa shape index (κ2) is 8.66. The van der Waals surface area contributed by atoms with Crippen LogP contribution in [-0.2, 0) is 11.0 Å². The van der Waals surface area contributed by atoms with E-state index in [0.29, 0.717) is 12.4 Å². The fourth-order valence-corrected chi connectivity index (χ4v) is 5.72. The molecule has 0 bridgehead atoms. The number of nitrogens with two attached hydrogens (primary N) is 1. The number of anilines is 1. The van der Waals surface area contributed by atoms with Crippen LogP contribution in [0.1, 0.15) is 20.8 Å². The van der Waals surface area contributed by atoms with E-state index in [1.54, 1.807) is 0 Å². The molecule has 33 heavy (non-hydrogen) atoms. The Kier molecular flexibility index (Phi) is 6.20. The van der Waals surface area contributed by atoms with Crippen LogP contribution in [0.5, 0.6) is 0 Å². The highest BCUT2D eigenvalue weighted by atomic mass is 79.9. The van der Waals surface area contributed by atoms with Crippen molar-refractivity contribution in [1.82, 2.24) is 19.5 Å². The van der Waals surface area contributed by atoms with E-state index in [1.807, 2.05) is 30.5 Å². The molecule has 0 aliphatic heterocycles. The first-order valence-corrected chi connectivity index (χ1v) is 14.7. The Morgan fingerprint density at radius 3 is 2.64 bits per heavy atom. The Balaban J connectivity index is 1.84. The van der Waals surface area contributed by atoms with Crippen molar-refractivity contribution in [2.24, 2.45) is 0 Å². The molecule has 0 amide bonds. The van der Waals surface area contributed by atoms with Crippen LogP contribution in [0.2, 0.25) is 18.1 Å². The number of hydrogen-bond acceptors (Lipinski definition) is 5. The van der Waals surface area contributed by atoms with Crippen LogP contribution in [0.4, 0.5) is 5.82 Å². The highest BCUT2D eigenvalue weighted by molar-refractivity contribution is 9.10. The molecule has 0 saturated heterocycles. The molecule has 1 aromatic carbocycles. The number of para-hydroxylation sites is 1. The molecule has 0 saturated carbocycles. The summed E-state index contributed by atoms with van der Waals surface area (Å²) in [6.07, 6.45) is 5.08. The summed E-state index contributed by atoms with van der Waals surface area (Å²) in [5.41, 5.74) is 9.94. The average molecular weight is 525 g/mol. The summed E-state index contributed by atoms with van der Waals surface area (Å²) in [5, 5.41) is 1.96. The number of hydrogen-bond donors (Lipinski definition) is 1. The van der Waals surface area contributed by atoms with Gasteiger partial charge in [0.2, 0.25) is 0 Å². The summed E-state index contributed by atoms with van der Waals surface area (Å²) in [6, 6.07) is 10.2. The van der Waals surface area contributed by atoms with Crippen molar-refractivity contribution >= 4 is 52.0 Å². The molecule has 0 radical (unpaired) electrons. The van der Waals surface area contributed by atoms with Gasteiger partial charge in [-0.05, 0) is 46.2 Å². The van der Waals surface area contributed by atoms with Crippen molar-refractivity contribution in [3.05, 3.63) is 60.1 Å². The van der Waals surface area contributed by atoms with Crippen LogP contribution in [0.3, 0.4) is 0 Å². The van der Waals surface area contributed by atoms with Crippen molar-refractivity contribution < 1.29 is 4.43 Å². The fourth-order valence-electron chi connectivity index (χ4n) is 3.70. The molecule has 0 unspecified atom stereocenters. The molecular weight excluding hydrogens is 494 g/mol. The highest BCUT2D eigenvalue weighted by Crippen LogP contribution is 2.41. The van der Waals surface area contributed by atoms with E-state index in [4.69, 9.17) is 10.2 Å². The van der Waals surface area contributed by atoms with Crippen LogP contribution < -0.4 is 5.73 Å². The Bertz CT molecular complexity index is 1340. The first-order valence-electron chi connectivity index (χ1n) is 11.0. The first-order chi connectivity index (χ1) is 15.5. The van der Waals surface area contributed by atoms with Gasteiger partial charge in [-0.25, -0.2) is 9.97 Å². The van der Waals surface area contributed by atoms with Gasteiger partial charge in [0.25, 0.3) is 0 Å². The van der Waals surface area contributed by atoms with Gasteiger partial charge in [-0.3, -0.25) is 4.98 Å². The predicted molar refractivity (Wildman–Crippen MR) is 143 cm³/mol. The van der Waals surface area contributed by atoms with Crippen LogP contribution in [-0.4, -0.2) is 33.9 Å². The molecule has 0 fully saturated rings. The molecular formula is C25H30BrN5OSi. The summed E-state index contributed by atoms with van der Waals surface area (Å²) in [4.78, 5) is 13.5. The van der Waals surface area contributed by atoms with E-state index in [9.17, 15) is 0 Å². The molecule has 0 spiro atoms. The van der Waals surface area contributed by atoms with E-state index in [0.717, 1.165) is 37.7 Å². The molecule has 4 rings (SSSR count). The summed E-state index contributed by atoms with van der Waals surface area (Å²) in [7, 11) is -1.99. The molecule has 3 heterocycles. The van der Waals surface area contributed by atoms with Crippen molar-refractivity contribution in [3.63, 3.8) is 0 Å². The molecule has 3 aromatic heterocycles. The molecule has 4 aromatic rings. The number of nitrogens with zero attached hydrogens (tertiary/aromatic N) is 4. The SMILES string of the molecule is C=C[C@H](Cn1c(Br)c(-c2cnc3ccccc3c2)c2c(N)ncnc21)O[Si](C)(C)C(C)(C)C. The zero-order chi connectivity index (χ0) is 24.0. The summed E-state index contributed by atoms with van der Waals surface area (Å²) >= 11 is 3.84. The van der Waals surface area contributed by atoms with Crippen LogP contribution in [0.25, 0.3) is 33.1 Å². The largest absolute Gasteiger partial charge is 0.409 e. The molecule has 1 atom stereocenters. The predicted octanol–water partition coefficient (Wildman–Crippen LogP) is 6.57. The number of nitrogen functional groups attached to an aromatic ring is 1. The van der Waals surface area contributed by atoms with Gasteiger partial charge in [0.15, 0.2) is 8.32 Å². The van der Waals surface area contributed by atoms with Gasteiger partial charge in [0.05, 0.1) is 28.2 Å². The quantitative estimate of drug-likeness (QED) is 0.228. The van der Waals surface area contributed by atoms with Crippen molar-refractivity contribution in [1.29, 1.82) is 0 Å². The summed E-state index contributed by atoms with van der Waals surface area (Å²) in [6.45, 7) is 15.8. The lowest BCUT2D eigenvalue weighted by molar-refractivity contribution is 0.205. The Labute approximate surface area is 204 Å². The monoisotopic (exact) mass is 523 g/mol. The van der Waals surface area contributed by atoms with Gasteiger partial charge < -0.3 is 14.7 Å². The van der Waals surface area contributed by atoms with E-state index in [-0.39, 0.29) is 11.1 Å². The molecule has 8 heteroatoms. The van der Waals surface area contributed by atoms with E-state index in [2.05, 4.69) is 88.0 Å². The number of benzene rings is 1.